The van der Waals surface area contributed by atoms with Crippen molar-refractivity contribution in [3.8, 4) is 0 Å². The summed E-state index contributed by atoms with van der Waals surface area (Å²) in [6.45, 7) is -6.26. The van der Waals surface area contributed by atoms with E-state index in [0.29, 0.717) is 0 Å². The molecule has 0 saturated carbocycles. The van der Waals surface area contributed by atoms with Gasteiger partial charge in [0.2, 0.25) is 0 Å². The fourth-order valence-corrected chi connectivity index (χ4v) is 4.83. The number of hydrogen-bond donors (Lipinski definition) is 14. The molecule has 0 aliphatic carbocycles. The first-order valence-corrected chi connectivity index (χ1v) is 10.4. The van der Waals surface area contributed by atoms with Gasteiger partial charge in [0, 0.05) is 0 Å². The van der Waals surface area contributed by atoms with Crippen LogP contribution >= 0.6 is 0 Å². The van der Waals surface area contributed by atoms with Crippen LogP contribution in [-0.2, 0) is 9.47 Å². The van der Waals surface area contributed by atoms with Gasteiger partial charge in [0.15, 0.2) is 16.8 Å². The largest absolute Gasteiger partial charge is 0.394 e. The van der Waals surface area contributed by atoms with Gasteiger partial charge in [0.05, 0.1) is 33.0 Å². The Morgan fingerprint density at radius 2 is 1.06 bits per heavy atom. The second-order valence-corrected chi connectivity index (χ2v) is 8.59. The molecular weight excluding hydrogens is 472 g/mol. The minimum atomic E-state index is -3.67. The predicted molar refractivity (Wildman–Crippen MR) is 104 cm³/mol. The van der Waals surface area contributed by atoms with Crippen molar-refractivity contribution in [1.29, 1.82) is 0 Å². The molecule has 202 valence electrons. The van der Waals surface area contributed by atoms with E-state index >= 15 is 0 Å². The summed E-state index contributed by atoms with van der Waals surface area (Å²) < 4.78 is 10.6. The molecule has 0 aromatic heterocycles. The van der Waals surface area contributed by atoms with Crippen molar-refractivity contribution in [2.45, 2.75) is 77.8 Å². The van der Waals surface area contributed by atoms with Crippen molar-refractivity contribution in [2.24, 2.45) is 0 Å². The average molecular weight is 506 g/mol. The molecule has 0 aromatic rings. The third-order valence-electron chi connectivity index (χ3n) is 6.89. The zero-order valence-corrected chi connectivity index (χ0v) is 17.9. The Labute approximate surface area is 192 Å². The summed E-state index contributed by atoms with van der Waals surface area (Å²) in [4.78, 5) is 0. The lowest BCUT2D eigenvalue weighted by Crippen LogP contribution is -2.83. The van der Waals surface area contributed by atoms with Gasteiger partial charge in [-0.05, 0) is 0 Å². The maximum atomic E-state index is 11.9. The highest BCUT2D eigenvalue weighted by atomic mass is 16.6. The fourth-order valence-electron chi connectivity index (χ4n) is 4.83. The van der Waals surface area contributed by atoms with Crippen molar-refractivity contribution in [3.05, 3.63) is 0 Å². The van der Waals surface area contributed by atoms with Gasteiger partial charge in [0.25, 0.3) is 0 Å². The molecule has 14 N–H and O–H groups in total. The maximum Gasteiger partial charge on any atom is 0.160 e. The summed E-state index contributed by atoms with van der Waals surface area (Å²) in [5.74, 6) is 0. The molecule has 12 atom stereocenters. The molecule has 34 heavy (non-hydrogen) atoms. The lowest BCUT2D eigenvalue weighted by Gasteiger charge is -2.57. The average Bonchev–Trinajstić information content (AvgIpc) is 3.27. The van der Waals surface area contributed by atoms with Crippen molar-refractivity contribution in [2.75, 3.05) is 33.0 Å². The molecule has 0 aromatic carbocycles. The van der Waals surface area contributed by atoms with E-state index in [9.17, 15) is 66.4 Å². The molecule has 16 nitrogen and oxygen atoms in total. The first-order valence-electron chi connectivity index (χ1n) is 10.4. The van der Waals surface area contributed by atoms with E-state index in [0.717, 1.165) is 0 Å². The highest BCUT2D eigenvalue weighted by Crippen LogP contribution is 2.52. The van der Waals surface area contributed by atoms with E-state index < -0.39 is 111 Å². The number of rotatable bonds is 11. The van der Waals surface area contributed by atoms with Crippen LogP contribution in [0, 0.1) is 0 Å². The summed E-state index contributed by atoms with van der Waals surface area (Å²) in [7, 11) is 0. The fraction of sp³-hybridized carbons (Fsp3) is 1.00. The Bertz CT molecular complexity index is 630. The highest BCUT2D eigenvalue weighted by Gasteiger charge is 2.79. The lowest BCUT2D eigenvalue weighted by molar-refractivity contribution is -0.350. The van der Waals surface area contributed by atoms with Gasteiger partial charge >= 0.3 is 0 Å². The van der Waals surface area contributed by atoms with Crippen LogP contribution in [0.4, 0.5) is 0 Å². The Balaban J connectivity index is 2.81. The van der Waals surface area contributed by atoms with E-state index in [1.54, 1.807) is 0 Å². The van der Waals surface area contributed by atoms with Gasteiger partial charge in [-0.3, -0.25) is 0 Å². The second-order valence-electron chi connectivity index (χ2n) is 8.59. The zero-order valence-electron chi connectivity index (χ0n) is 17.9. The van der Waals surface area contributed by atoms with Crippen LogP contribution in [0.2, 0.25) is 0 Å². The van der Waals surface area contributed by atoms with Crippen molar-refractivity contribution in [3.63, 3.8) is 0 Å². The minimum absolute atomic E-state index is 1.02. The van der Waals surface area contributed by atoms with Gasteiger partial charge in [-0.25, -0.2) is 0 Å². The quantitative estimate of drug-likeness (QED) is 0.124. The lowest BCUT2D eigenvalue weighted by atomic mass is 9.62. The Kier molecular flexibility index (Phi) is 9.37. The topological polar surface area (TPSA) is 302 Å². The smallest absolute Gasteiger partial charge is 0.160 e. The molecule has 16 heteroatoms. The van der Waals surface area contributed by atoms with Crippen LogP contribution in [0.3, 0.4) is 0 Å². The number of ether oxygens (including phenoxy) is 2. The van der Waals surface area contributed by atoms with Crippen LogP contribution in [0.25, 0.3) is 0 Å². The Morgan fingerprint density at radius 1 is 0.676 bits per heavy atom. The monoisotopic (exact) mass is 506 g/mol. The van der Waals surface area contributed by atoms with Crippen LogP contribution < -0.4 is 0 Å². The molecule has 0 amide bonds. The van der Waals surface area contributed by atoms with Gasteiger partial charge in [-0.2, -0.15) is 0 Å². The molecule has 0 spiro atoms. The van der Waals surface area contributed by atoms with Gasteiger partial charge in [-0.15, -0.1) is 0 Å². The summed E-state index contributed by atoms with van der Waals surface area (Å²) in [6.07, 6.45) is -22.6. The predicted octanol–water partition coefficient (Wildman–Crippen LogP) is -9.16. The molecule has 0 bridgehead atoms. The molecule has 2 aliphatic rings. The van der Waals surface area contributed by atoms with E-state index in [4.69, 9.17) is 14.6 Å². The van der Waals surface area contributed by atoms with Gasteiger partial charge in [0.1, 0.15) is 61.0 Å². The summed E-state index contributed by atoms with van der Waals surface area (Å²) >= 11 is 0. The Hall–Kier alpha value is -0.640. The summed E-state index contributed by atoms with van der Waals surface area (Å²) in [6, 6.07) is 0. The van der Waals surface area contributed by atoms with Gasteiger partial charge in [-0.1, -0.05) is 0 Å². The molecule has 2 heterocycles. The molecule has 2 saturated heterocycles. The van der Waals surface area contributed by atoms with E-state index in [-0.39, 0.29) is 0 Å². The van der Waals surface area contributed by atoms with E-state index in [1.807, 2.05) is 0 Å². The first kappa shape index (κ1) is 29.6. The molecule has 2 fully saturated rings. The van der Waals surface area contributed by atoms with E-state index in [1.165, 1.54) is 0 Å². The standard InChI is InChI=1S/C18H34O16/c19-1-6(24)9(25)12(28)15(31)18(32,16(4-22)13(29)10(26)7(2-20)33-16)17(5-23)14(30)11(27)8(3-21)34-17/h6-15,19-32H,1-5H2/t6-,7-,8-,9-,10-,11-,12+,13+,14+,15+,16?,17?,18?/m1/s1. The molecular formula is C18H34O16. The Morgan fingerprint density at radius 3 is 1.32 bits per heavy atom. The van der Waals surface area contributed by atoms with Crippen LogP contribution in [-0.4, -0.2) is 182 Å². The van der Waals surface area contributed by atoms with Gasteiger partial charge < -0.3 is 81.0 Å². The number of aliphatic hydroxyl groups excluding tert-OH is 13. The van der Waals surface area contributed by atoms with Crippen LogP contribution in [0.5, 0.6) is 0 Å². The second kappa shape index (κ2) is 10.8. The number of aliphatic hydroxyl groups is 14. The van der Waals surface area contributed by atoms with Crippen molar-refractivity contribution >= 4 is 0 Å². The van der Waals surface area contributed by atoms with E-state index in [2.05, 4.69) is 0 Å². The van der Waals surface area contributed by atoms with Crippen LogP contribution in [0.15, 0.2) is 0 Å². The SMILES string of the molecule is OC[C@@H](O)[C@@H](O)[C@H](O)[C@H](O)C(O)(C1(CO)O[C@H](CO)[C@@H](O)[C@@H]1O)C1(CO)O[C@H](CO)[C@@H](O)[C@@H]1O. The van der Waals surface area contributed by atoms with Crippen molar-refractivity contribution in [1.82, 2.24) is 0 Å². The highest BCUT2D eigenvalue weighted by molar-refractivity contribution is 5.28. The van der Waals surface area contributed by atoms with Crippen LogP contribution in [0.1, 0.15) is 0 Å². The summed E-state index contributed by atoms with van der Waals surface area (Å²) in [5.41, 5.74) is -9.87. The minimum Gasteiger partial charge on any atom is -0.394 e. The third-order valence-corrected chi connectivity index (χ3v) is 6.89. The third kappa shape index (κ3) is 3.97. The molecule has 0 radical (unpaired) electrons. The normalized spacial score (nSPS) is 43.9. The summed E-state index contributed by atoms with van der Waals surface area (Å²) in [5, 5.41) is 144. The molecule has 2 aliphatic heterocycles. The zero-order chi connectivity index (χ0) is 26.2. The molecule has 2 rings (SSSR count). The maximum absolute atomic E-state index is 11.9. The van der Waals surface area contributed by atoms with Crippen molar-refractivity contribution < 1.29 is 81.0 Å². The number of hydrogen-bond acceptors (Lipinski definition) is 16. The molecule has 2 unspecified atom stereocenters. The first-order chi connectivity index (χ1) is 15.8.